The van der Waals surface area contributed by atoms with Crippen molar-refractivity contribution < 1.29 is 27.5 Å². The minimum atomic E-state index is -4.43. The lowest BCUT2D eigenvalue weighted by molar-refractivity contribution is -0.147. The average molecular weight is 400 g/mol. The Morgan fingerprint density at radius 3 is 2.15 bits per heavy atom. The minimum absolute atomic E-state index is 0.212. The Hall–Kier alpha value is -2.54. The van der Waals surface area contributed by atoms with Crippen molar-refractivity contribution in [2.75, 3.05) is 13.2 Å². The van der Waals surface area contributed by atoms with Gasteiger partial charge in [0.15, 0.2) is 6.61 Å². The summed E-state index contributed by atoms with van der Waals surface area (Å²) >= 11 is 5.78. The highest BCUT2D eigenvalue weighted by atomic mass is 35.5. The number of carbonyl (C=O) groups excluding carboxylic acids is 2. The summed E-state index contributed by atoms with van der Waals surface area (Å²) in [5.41, 5.74) is 0.579. The van der Waals surface area contributed by atoms with Crippen LogP contribution in [0.3, 0.4) is 0 Å². The fourth-order valence-electron chi connectivity index (χ4n) is 2.22. The summed E-state index contributed by atoms with van der Waals surface area (Å²) in [5, 5.41) is 3.24. The van der Waals surface area contributed by atoms with Crippen LogP contribution in [-0.2, 0) is 33.3 Å². The van der Waals surface area contributed by atoms with E-state index in [-0.39, 0.29) is 6.42 Å². The van der Waals surface area contributed by atoms with Gasteiger partial charge in [0.2, 0.25) is 0 Å². The van der Waals surface area contributed by atoms with Gasteiger partial charge in [-0.2, -0.15) is 13.2 Å². The van der Waals surface area contributed by atoms with Crippen LogP contribution < -0.4 is 5.32 Å². The third kappa shape index (κ3) is 7.30. The fourth-order valence-corrected chi connectivity index (χ4v) is 2.35. The molecule has 0 unspecified atom stereocenters. The first-order chi connectivity index (χ1) is 12.7. The molecular formula is C19H17ClF3NO3. The normalized spacial score (nSPS) is 11.1. The smallest absolute Gasteiger partial charge is 0.416 e. The van der Waals surface area contributed by atoms with Crippen LogP contribution in [0, 0.1) is 0 Å². The molecule has 2 rings (SSSR count). The summed E-state index contributed by atoms with van der Waals surface area (Å²) in [7, 11) is 0. The van der Waals surface area contributed by atoms with Crippen molar-refractivity contribution in [3.05, 3.63) is 70.2 Å². The maximum Gasteiger partial charge on any atom is 0.416 e. The molecule has 0 fully saturated rings. The number of rotatable bonds is 7. The Kier molecular flexibility index (Phi) is 7.24. The molecule has 0 aromatic heterocycles. The van der Waals surface area contributed by atoms with E-state index in [0.717, 1.165) is 17.7 Å². The predicted molar refractivity (Wildman–Crippen MR) is 94.3 cm³/mol. The van der Waals surface area contributed by atoms with E-state index in [1.54, 1.807) is 12.1 Å². The van der Waals surface area contributed by atoms with Gasteiger partial charge in [-0.25, -0.2) is 0 Å². The molecule has 4 nitrogen and oxygen atoms in total. The van der Waals surface area contributed by atoms with E-state index in [2.05, 4.69) is 5.32 Å². The van der Waals surface area contributed by atoms with Crippen molar-refractivity contribution in [1.82, 2.24) is 5.32 Å². The van der Waals surface area contributed by atoms with Crippen molar-refractivity contribution >= 4 is 23.5 Å². The molecule has 0 spiro atoms. The summed E-state index contributed by atoms with van der Waals surface area (Å²) in [6, 6.07) is 11.4. The number of hydrogen-bond acceptors (Lipinski definition) is 3. The quantitative estimate of drug-likeness (QED) is 0.720. The number of ether oxygens (including phenoxy) is 1. The molecule has 0 radical (unpaired) electrons. The van der Waals surface area contributed by atoms with E-state index >= 15 is 0 Å². The standard InChI is InChI=1S/C19H17ClF3NO3/c20-16-7-3-13(4-8-16)9-10-24-17(25)12-27-18(26)11-14-1-5-15(6-2-14)19(21,22)23/h1-8H,9-12H2,(H,24,25). The van der Waals surface area contributed by atoms with Crippen LogP contribution in [0.5, 0.6) is 0 Å². The molecule has 1 N–H and O–H groups in total. The Balaban J connectivity index is 1.68. The van der Waals surface area contributed by atoms with Crippen LogP contribution >= 0.6 is 11.6 Å². The van der Waals surface area contributed by atoms with Crippen LogP contribution in [-0.4, -0.2) is 25.0 Å². The Labute approximate surface area is 159 Å². The Morgan fingerprint density at radius 2 is 1.56 bits per heavy atom. The fraction of sp³-hybridized carbons (Fsp3) is 0.263. The second kappa shape index (κ2) is 9.41. The molecule has 2 aromatic rings. The van der Waals surface area contributed by atoms with Gasteiger partial charge in [-0.05, 0) is 41.8 Å². The van der Waals surface area contributed by atoms with Crippen LogP contribution in [0.25, 0.3) is 0 Å². The third-order valence-electron chi connectivity index (χ3n) is 3.64. The molecule has 0 saturated carbocycles. The molecule has 0 saturated heterocycles. The van der Waals surface area contributed by atoms with Crippen LogP contribution in [0.4, 0.5) is 13.2 Å². The molecule has 144 valence electrons. The molecule has 1 amide bonds. The van der Waals surface area contributed by atoms with E-state index in [4.69, 9.17) is 16.3 Å². The number of halogens is 4. The largest absolute Gasteiger partial charge is 0.455 e. The van der Waals surface area contributed by atoms with Gasteiger partial charge in [-0.15, -0.1) is 0 Å². The zero-order valence-corrected chi connectivity index (χ0v) is 14.9. The van der Waals surface area contributed by atoms with Gasteiger partial charge in [0.1, 0.15) is 0 Å². The highest BCUT2D eigenvalue weighted by molar-refractivity contribution is 6.30. The van der Waals surface area contributed by atoms with Crippen LogP contribution in [0.2, 0.25) is 5.02 Å². The first-order valence-corrected chi connectivity index (χ1v) is 8.45. The number of alkyl halides is 3. The monoisotopic (exact) mass is 399 g/mol. The van der Waals surface area contributed by atoms with Crippen molar-refractivity contribution in [3.8, 4) is 0 Å². The van der Waals surface area contributed by atoms with E-state index < -0.39 is 30.2 Å². The minimum Gasteiger partial charge on any atom is -0.455 e. The molecule has 2 aromatic carbocycles. The second-order valence-corrected chi connectivity index (χ2v) is 6.19. The number of benzene rings is 2. The van der Waals surface area contributed by atoms with E-state index in [9.17, 15) is 22.8 Å². The maximum atomic E-state index is 12.5. The van der Waals surface area contributed by atoms with E-state index in [0.29, 0.717) is 23.6 Å². The lowest BCUT2D eigenvalue weighted by Gasteiger charge is -2.08. The Morgan fingerprint density at radius 1 is 0.963 bits per heavy atom. The van der Waals surface area contributed by atoms with Gasteiger partial charge >= 0.3 is 12.1 Å². The summed E-state index contributed by atoms with van der Waals surface area (Å²) in [6.45, 7) is -0.0724. The lowest BCUT2D eigenvalue weighted by atomic mass is 10.1. The number of carbonyl (C=O) groups is 2. The van der Waals surface area contributed by atoms with Crippen molar-refractivity contribution in [3.63, 3.8) is 0 Å². The Bertz CT molecular complexity index is 774. The number of hydrogen-bond donors (Lipinski definition) is 1. The first kappa shape index (κ1) is 20.8. The SMILES string of the molecule is O=C(COC(=O)Cc1ccc(C(F)(F)F)cc1)NCCc1ccc(Cl)cc1. The zero-order valence-electron chi connectivity index (χ0n) is 14.2. The van der Waals surface area contributed by atoms with Gasteiger partial charge in [0, 0.05) is 11.6 Å². The van der Waals surface area contributed by atoms with Gasteiger partial charge in [0.05, 0.1) is 12.0 Å². The van der Waals surface area contributed by atoms with Crippen molar-refractivity contribution in [2.45, 2.75) is 19.0 Å². The molecule has 0 bridgehead atoms. The van der Waals surface area contributed by atoms with E-state index in [1.165, 1.54) is 12.1 Å². The molecule has 0 aliphatic rings. The molecule has 0 heterocycles. The molecule has 0 atom stereocenters. The number of esters is 1. The van der Waals surface area contributed by atoms with Gasteiger partial charge in [-0.1, -0.05) is 35.9 Å². The summed E-state index contributed by atoms with van der Waals surface area (Å²) in [4.78, 5) is 23.4. The van der Waals surface area contributed by atoms with Gasteiger partial charge in [-0.3, -0.25) is 9.59 Å². The van der Waals surface area contributed by atoms with Crippen LogP contribution in [0.15, 0.2) is 48.5 Å². The summed E-state index contributed by atoms with van der Waals surface area (Å²) in [5.74, 6) is -1.15. The second-order valence-electron chi connectivity index (χ2n) is 5.76. The first-order valence-electron chi connectivity index (χ1n) is 8.07. The average Bonchev–Trinajstić information content (AvgIpc) is 2.61. The predicted octanol–water partition coefficient (Wildman–Crippen LogP) is 3.80. The molecule has 8 heteroatoms. The maximum absolute atomic E-state index is 12.5. The topological polar surface area (TPSA) is 55.4 Å². The van der Waals surface area contributed by atoms with Crippen molar-refractivity contribution in [1.29, 1.82) is 0 Å². The molecule has 0 aliphatic carbocycles. The number of amides is 1. The number of nitrogens with one attached hydrogen (secondary N) is 1. The highest BCUT2D eigenvalue weighted by Gasteiger charge is 2.30. The lowest BCUT2D eigenvalue weighted by Crippen LogP contribution is -2.30. The third-order valence-corrected chi connectivity index (χ3v) is 3.90. The van der Waals surface area contributed by atoms with Crippen LogP contribution in [0.1, 0.15) is 16.7 Å². The summed E-state index contributed by atoms with van der Waals surface area (Å²) < 4.78 is 42.3. The highest BCUT2D eigenvalue weighted by Crippen LogP contribution is 2.29. The molecular weight excluding hydrogens is 383 g/mol. The van der Waals surface area contributed by atoms with Gasteiger partial charge < -0.3 is 10.1 Å². The zero-order chi connectivity index (χ0) is 19.9. The molecule has 27 heavy (non-hydrogen) atoms. The van der Waals surface area contributed by atoms with Gasteiger partial charge in [0.25, 0.3) is 5.91 Å². The van der Waals surface area contributed by atoms with Crippen molar-refractivity contribution in [2.24, 2.45) is 0 Å². The van der Waals surface area contributed by atoms with E-state index in [1.807, 2.05) is 12.1 Å². The molecule has 0 aliphatic heterocycles. The summed E-state index contributed by atoms with van der Waals surface area (Å²) in [6.07, 6.45) is -4.04.